The number of rotatable bonds is 4. The SMILES string of the molecule is CC(C)(C)NCCC(=O)Nc1ccc2c(c1)OCO2. The normalized spacial score (nSPS) is 13.4. The molecule has 1 heterocycles. The molecule has 0 spiro atoms. The zero-order valence-electron chi connectivity index (χ0n) is 11.6. The van der Waals surface area contributed by atoms with Crippen molar-refractivity contribution in [2.75, 3.05) is 18.7 Å². The van der Waals surface area contributed by atoms with E-state index in [0.717, 1.165) is 5.69 Å². The predicted octanol–water partition coefficient (Wildman–Crippen LogP) is 2.13. The molecule has 1 aliphatic rings. The number of nitrogens with one attached hydrogen (secondary N) is 2. The van der Waals surface area contributed by atoms with E-state index in [9.17, 15) is 4.79 Å². The van der Waals surface area contributed by atoms with Crippen LogP contribution in [-0.2, 0) is 4.79 Å². The lowest BCUT2D eigenvalue weighted by atomic mass is 10.1. The Bertz CT molecular complexity index is 466. The van der Waals surface area contributed by atoms with E-state index in [0.29, 0.717) is 24.5 Å². The first-order valence-electron chi connectivity index (χ1n) is 6.38. The van der Waals surface area contributed by atoms with Crippen LogP contribution in [0, 0.1) is 0 Å². The monoisotopic (exact) mass is 264 g/mol. The van der Waals surface area contributed by atoms with Crippen molar-refractivity contribution in [1.82, 2.24) is 5.32 Å². The zero-order valence-corrected chi connectivity index (χ0v) is 11.6. The Labute approximate surface area is 113 Å². The molecule has 1 aliphatic heterocycles. The van der Waals surface area contributed by atoms with Gasteiger partial charge in [0, 0.05) is 30.3 Å². The molecule has 104 valence electrons. The molecule has 0 bridgehead atoms. The van der Waals surface area contributed by atoms with E-state index in [1.165, 1.54) is 0 Å². The smallest absolute Gasteiger partial charge is 0.231 e. The summed E-state index contributed by atoms with van der Waals surface area (Å²) in [5.41, 5.74) is 0.754. The Morgan fingerprint density at radius 1 is 1.26 bits per heavy atom. The van der Waals surface area contributed by atoms with Crippen molar-refractivity contribution in [3.63, 3.8) is 0 Å². The highest BCUT2D eigenvalue weighted by Crippen LogP contribution is 2.34. The first kappa shape index (κ1) is 13.7. The molecule has 0 unspecified atom stereocenters. The van der Waals surface area contributed by atoms with Gasteiger partial charge in [0.2, 0.25) is 12.7 Å². The molecular formula is C14H20N2O3. The maximum Gasteiger partial charge on any atom is 0.231 e. The minimum absolute atomic E-state index is 0.0179. The number of hydrogen-bond acceptors (Lipinski definition) is 4. The number of carbonyl (C=O) groups is 1. The number of carbonyl (C=O) groups excluding carboxylic acids is 1. The molecule has 5 nitrogen and oxygen atoms in total. The summed E-state index contributed by atoms with van der Waals surface area (Å²) in [7, 11) is 0. The summed E-state index contributed by atoms with van der Waals surface area (Å²) in [6, 6.07) is 5.38. The van der Waals surface area contributed by atoms with E-state index in [-0.39, 0.29) is 18.2 Å². The van der Waals surface area contributed by atoms with E-state index >= 15 is 0 Å². The zero-order chi connectivity index (χ0) is 13.9. The van der Waals surface area contributed by atoms with E-state index in [1.54, 1.807) is 12.1 Å². The van der Waals surface area contributed by atoms with Crippen LogP contribution in [0.5, 0.6) is 11.5 Å². The van der Waals surface area contributed by atoms with Crippen LogP contribution in [0.15, 0.2) is 18.2 Å². The second-order valence-corrected chi connectivity index (χ2v) is 5.54. The predicted molar refractivity (Wildman–Crippen MR) is 73.6 cm³/mol. The minimum atomic E-state index is -0.0179. The molecular weight excluding hydrogens is 244 g/mol. The third-order valence-corrected chi connectivity index (χ3v) is 2.66. The van der Waals surface area contributed by atoms with Crippen molar-refractivity contribution in [2.45, 2.75) is 32.7 Å². The fraction of sp³-hybridized carbons (Fsp3) is 0.500. The summed E-state index contributed by atoms with van der Waals surface area (Å²) >= 11 is 0. The van der Waals surface area contributed by atoms with Crippen molar-refractivity contribution in [3.05, 3.63) is 18.2 Å². The molecule has 0 aromatic heterocycles. The molecule has 1 amide bonds. The molecule has 5 heteroatoms. The molecule has 0 fully saturated rings. The van der Waals surface area contributed by atoms with Crippen LogP contribution in [0.2, 0.25) is 0 Å². The van der Waals surface area contributed by atoms with Crippen molar-refractivity contribution in [2.24, 2.45) is 0 Å². The molecule has 0 radical (unpaired) electrons. The van der Waals surface area contributed by atoms with Crippen LogP contribution in [0.25, 0.3) is 0 Å². The molecule has 1 aromatic carbocycles. The number of amides is 1. The average Bonchev–Trinajstić information content (AvgIpc) is 2.74. The van der Waals surface area contributed by atoms with Gasteiger partial charge in [0.15, 0.2) is 11.5 Å². The van der Waals surface area contributed by atoms with Crippen LogP contribution in [0.3, 0.4) is 0 Å². The lowest BCUT2D eigenvalue weighted by Gasteiger charge is -2.20. The van der Waals surface area contributed by atoms with Crippen LogP contribution >= 0.6 is 0 Å². The second kappa shape index (κ2) is 5.48. The number of fused-ring (bicyclic) bond motifs is 1. The first-order valence-corrected chi connectivity index (χ1v) is 6.38. The number of ether oxygens (including phenoxy) is 2. The number of hydrogen-bond donors (Lipinski definition) is 2. The van der Waals surface area contributed by atoms with Crippen molar-refractivity contribution in [3.8, 4) is 11.5 Å². The van der Waals surface area contributed by atoms with Crippen molar-refractivity contribution in [1.29, 1.82) is 0 Å². The third-order valence-electron chi connectivity index (χ3n) is 2.66. The van der Waals surface area contributed by atoms with Crippen molar-refractivity contribution < 1.29 is 14.3 Å². The highest BCUT2D eigenvalue weighted by molar-refractivity contribution is 5.91. The summed E-state index contributed by atoms with van der Waals surface area (Å²) in [5.74, 6) is 1.37. The first-order chi connectivity index (χ1) is 8.94. The van der Waals surface area contributed by atoms with E-state index in [2.05, 4.69) is 31.4 Å². The van der Waals surface area contributed by atoms with Crippen LogP contribution in [0.4, 0.5) is 5.69 Å². The highest BCUT2D eigenvalue weighted by Gasteiger charge is 2.14. The van der Waals surface area contributed by atoms with Crippen LogP contribution in [-0.4, -0.2) is 24.8 Å². The fourth-order valence-electron chi connectivity index (χ4n) is 1.75. The largest absolute Gasteiger partial charge is 0.454 e. The van der Waals surface area contributed by atoms with E-state index in [1.807, 2.05) is 6.07 Å². The molecule has 19 heavy (non-hydrogen) atoms. The van der Waals surface area contributed by atoms with Gasteiger partial charge in [-0.15, -0.1) is 0 Å². The second-order valence-electron chi connectivity index (χ2n) is 5.54. The maximum absolute atomic E-state index is 11.8. The molecule has 0 saturated heterocycles. The van der Waals surface area contributed by atoms with Gasteiger partial charge in [-0.05, 0) is 32.9 Å². The minimum Gasteiger partial charge on any atom is -0.454 e. The van der Waals surface area contributed by atoms with Gasteiger partial charge < -0.3 is 20.1 Å². The van der Waals surface area contributed by atoms with Gasteiger partial charge >= 0.3 is 0 Å². The molecule has 0 aliphatic carbocycles. The summed E-state index contributed by atoms with van der Waals surface area (Å²) in [5, 5.41) is 6.12. The molecule has 2 rings (SSSR count). The quantitative estimate of drug-likeness (QED) is 0.874. The Morgan fingerprint density at radius 3 is 2.74 bits per heavy atom. The highest BCUT2D eigenvalue weighted by atomic mass is 16.7. The van der Waals surface area contributed by atoms with Gasteiger partial charge in [0.25, 0.3) is 0 Å². The maximum atomic E-state index is 11.8. The number of benzene rings is 1. The van der Waals surface area contributed by atoms with Gasteiger partial charge in [-0.1, -0.05) is 0 Å². The molecule has 0 saturated carbocycles. The summed E-state index contributed by atoms with van der Waals surface area (Å²) in [4.78, 5) is 11.8. The summed E-state index contributed by atoms with van der Waals surface area (Å²) in [6.45, 7) is 7.11. The van der Waals surface area contributed by atoms with Crippen LogP contribution in [0.1, 0.15) is 27.2 Å². The van der Waals surface area contributed by atoms with E-state index in [4.69, 9.17) is 9.47 Å². The third kappa shape index (κ3) is 4.13. The Kier molecular flexibility index (Phi) is 3.95. The molecule has 0 atom stereocenters. The van der Waals surface area contributed by atoms with Crippen LogP contribution < -0.4 is 20.1 Å². The standard InChI is InChI=1S/C14H20N2O3/c1-14(2,3)15-7-6-13(17)16-10-4-5-11-12(8-10)19-9-18-11/h4-5,8,15H,6-7,9H2,1-3H3,(H,16,17). The van der Waals surface area contributed by atoms with Gasteiger partial charge in [0.1, 0.15) is 0 Å². The van der Waals surface area contributed by atoms with Gasteiger partial charge in [-0.25, -0.2) is 0 Å². The lowest BCUT2D eigenvalue weighted by molar-refractivity contribution is -0.116. The average molecular weight is 264 g/mol. The number of anilines is 1. The van der Waals surface area contributed by atoms with Gasteiger partial charge in [-0.2, -0.15) is 0 Å². The summed E-state index contributed by atoms with van der Waals surface area (Å²) < 4.78 is 10.5. The van der Waals surface area contributed by atoms with Crippen molar-refractivity contribution >= 4 is 11.6 Å². The van der Waals surface area contributed by atoms with Gasteiger partial charge in [0.05, 0.1) is 0 Å². The van der Waals surface area contributed by atoms with E-state index < -0.39 is 0 Å². The Balaban J connectivity index is 1.82. The lowest BCUT2D eigenvalue weighted by Crippen LogP contribution is -2.37. The topological polar surface area (TPSA) is 59.6 Å². The Morgan fingerprint density at radius 2 is 2.00 bits per heavy atom. The van der Waals surface area contributed by atoms with Gasteiger partial charge in [-0.3, -0.25) is 4.79 Å². The Hall–Kier alpha value is -1.75. The molecule has 1 aromatic rings. The molecule has 2 N–H and O–H groups in total. The summed E-state index contributed by atoms with van der Waals surface area (Å²) in [6.07, 6.45) is 0.436. The fourth-order valence-corrected chi connectivity index (χ4v) is 1.75.